The molecule has 2 rings (SSSR count). The van der Waals surface area contributed by atoms with Crippen molar-refractivity contribution < 1.29 is 19.0 Å². The Morgan fingerprint density at radius 3 is 1.83 bits per heavy atom. The molecule has 0 unspecified atom stereocenters. The van der Waals surface area contributed by atoms with E-state index in [0.29, 0.717) is 41.9 Å². The van der Waals surface area contributed by atoms with E-state index in [-0.39, 0.29) is 5.91 Å². The topological polar surface area (TPSA) is 56.8 Å². The van der Waals surface area contributed by atoms with Crippen LogP contribution in [0.4, 0.5) is 5.69 Å². The number of carbonyl (C=O) groups excluding carboxylic acids is 1. The molecule has 158 valence electrons. The molecule has 29 heavy (non-hydrogen) atoms. The lowest BCUT2D eigenvalue weighted by Crippen LogP contribution is -2.16. The van der Waals surface area contributed by atoms with Crippen LogP contribution in [-0.2, 0) is 11.2 Å². The van der Waals surface area contributed by atoms with E-state index in [1.165, 1.54) is 0 Å². The van der Waals surface area contributed by atoms with Gasteiger partial charge in [0.1, 0.15) is 0 Å². The van der Waals surface area contributed by atoms with Gasteiger partial charge in [0.15, 0.2) is 11.5 Å². The number of hydrogen-bond acceptors (Lipinski definition) is 4. The maximum absolute atomic E-state index is 12.8. The predicted octanol–water partition coefficient (Wildman–Crippen LogP) is 5.53. The van der Waals surface area contributed by atoms with E-state index in [0.717, 1.165) is 22.4 Å². The summed E-state index contributed by atoms with van der Waals surface area (Å²) < 4.78 is 16.2. The van der Waals surface area contributed by atoms with Gasteiger partial charge in [-0.05, 0) is 47.1 Å². The van der Waals surface area contributed by atoms with Crippen LogP contribution in [0.25, 0.3) is 0 Å². The number of hydrogen-bond donors (Lipinski definition) is 1. The van der Waals surface area contributed by atoms with Crippen LogP contribution in [-0.4, -0.2) is 27.2 Å². The van der Waals surface area contributed by atoms with Crippen LogP contribution in [0.1, 0.15) is 62.6 Å². The summed E-state index contributed by atoms with van der Waals surface area (Å²) in [5, 5.41) is 3.17. The molecule has 1 N–H and O–H groups in total. The maximum atomic E-state index is 12.8. The van der Waals surface area contributed by atoms with Gasteiger partial charge < -0.3 is 19.5 Å². The fraction of sp³-hybridized carbons (Fsp3) is 0.458. The van der Waals surface area contributed by atoms with Crippen LogP contribution in [0.5, 0.6) is 17.2 Å². The second-order valence-electron chi connectivity index (χ2n) is 7.70. The molecule has 5 nitrogen and oxygen atoms in total. The lowest BCUT2D eigenvalue weighted by atomic mass is 9.92. The fourth-order valence-corrected chi connectivity index (χ4v) is 3.43. The average molecular weight is 400 g/mol. The van der Waals surface area contributed by atoms with Crippen LogP contribution in [0, 0.1) is 0 Å². The largest absolute Gasteiger partial charge is 0.493 e. The van der Waals surface area contributed by atoms with Gasteiger partial charge in [0.2, 0.25) is 11.7 Å². The lowest BCUT2D eigenvalue weighted by molar-refractivity contribution is -0.116. The van der Waals surface area contributed by atoms with Gasteiger partial charge >= 0.3 is 0 Å². The highest BCUT2D eigenvalue weighted by Crippen LogP contribution is 2.38. The predicted molar refractivity (Wildman–Crippen MR) is 118 cm³/mol. The molecule has 0 aromatic heterocycles. The van der Waals surface area contributed by atoms with Crippen molar-refractivity contribution in [3.63, 3.8) is 0 Å². The molecule has 5 heteroatoms. The number of ether oxygens (including phenoxy) is 3. The molecular weight excluding hydrogens is 366 g/mol. The molecule has 0 heterocycles. The minimum atomic E-state index is -0.00579. The van der Waals surface area contributed by atoms with Gasteiger partial charge in [-0.15, -0.1) is 0 Å². The van der Waals surface area contributed by atoms with Gasteiger partial charge in [-0.2, -0.15) is 0 Å². The molecule has 0 saturated carbocycles. The van der Waals surface area contributed by atoms with Gasteiger partial charge in [-0.1, -0.05) is 45.9 Å². The Bertz CT molecular complexity index is 792. The van der Waals surface area contributed by atoms with E-state index in [2.05, 4.69) is 51.2 Å². The monoisotopic (exact) mass is 399 g/mol. The van der Waals surface area contributed by atoms with E-state index in [1.807, 2.05) is 12.1 Å². The minimum Gasteiger partial charge on any atom is -0.493 e. The molecule has 0 aliphatic heterocycles. The number of aryl methyl sites for hydroxylation is 1. The SMILES string of the molecule is COc1cc(CCC(=O)Nc2c(C(C)C)cccc2C(C)C)cc(OC)c1OC. The van der Waals surface area contributed by atoms with Crippen molar-refractivity contribution in [3.05, 3.63) is 47.0 Å². The van der Waals surface area contributed by atoms with E-state index in [9.17, 15) is 4.79 Å². The smallest absolute Gasteiger partial charge is 0.224 e. The van der Waals surface area contributed by atoms with Crippen molar-refractivity contribution in [2.24, 2.45) is 0 Å². The Labute approximate surface area is 174 Å². The summed E-state index contributed by atoms with van der Waals surface area (Å²) in [5.74, 6) is 2.40. The van der Waals surface area contributed by atoms with Crippen molar-refractivity contribution in [3.8, 4) is 17.2 Å². The van der Waals surface area contributed by atoms with Crippen molar-refractivity contribution in [2.75, 3.05) is 26.6 Å². The summed E-state index contributed by atoms with van der Waals surface area (Å²) in [4.78, 5) is 12.8. The third-order valence-corrected chi connectivity index (χ3v) is 5.00. The average Bonchev–Trinajstić information content (AvgIpc) is 2.70. The summed E-state index contributed by atoms with van der Waals surface area (Å²) in [6.45, 7) is 8.58. The van der Waals surface area contributed by atoms with Gasteiger partial charge in [-0.3, -0.25) is 4.79 Å². The van der Waals surface area contributed by atoms with Gasteiger partial charge in [0.25, 0.3) is 0 Å². The molecule has 0 aliphatic rings. The zero-order valence-electron chi connectivity index (χ0n) is 18.6. The first kappa shape index (κ1) is 22.6. The Morgan fingerprint density at radius 1 is 0.897 bits per heavy atom. The first-order valence-corrected chi connectivity index (χ1v) is 10.0. The highest BCUT2D eigenvalue weighted by Gasteiger charge is 2.17. The van der Waals surface area contributed by atoms with Crippen LogP contribution in [0.15, 0.2) is 30.3 Å². The Morgan fingerprint density at radius 2 is 1.41 bits per heavy atom. The van der Waals surface area contributed by atoms with Crippen LogP contribution >= 0.6 is 0 Å². The molecule has 0 radical (unpaired) electrons. The number of nitrogens with one attached hydrogen (secondary N) is 1. The summed E-state index contributed by atoms with van der Waals surface area (Å²) >= 11 is 0. The Balaban J connectivity index is 2.19. The zero-order chi connectivity index (χ0) is 21.6. The molecule has 0 saturated heterocycles. The van der Waals surface area contributed by atoms with E-state index >= 15 is 0 Å². The number of methoxy groups -OCH3 is 3. The number of rotatable bonds is 9. The number of amides is 1. The van der Waals surface area contributed by atoms with Crippen molar-refractivity contribution in [1.82, 2.24) is 0 Å². The van der Waals surface area contributed by atoms with Gasteiger partial charge in [-0.25, -0.2) is 0 Å². The van der Waals surface area contributed by atoms with Crippen LogP contribution in [0.3, 0.4) is 0 Å². The Hall–Kier alpha value is -2.69. The third kappa shape index (κ3) is 5.43. The van der Waals surface area contributed by atoms with Crippen molar-refractivity contribution >= 4 is 11.6 Å². The highest BCUT2D eigenvalue weighted by molar-refractivity contribution is 5.92. The van der Waals surface area contributed by atoms with Gasteiger partial charge in [0, 0.05) is 12.1 Å². The standard InChI is InChI=1S/C24H33NO4/c1-15(2)18-9-8-10-19(16(3)4)23(18)25-22(26)12-11-17-13-20(27-5)24(29-7)21(14-17)28-6/h8-10,13-16H,11-12H2,1-7H3,(H,25,26). The molecule has 0 atom stereocenters. The molecule has 0 spiro atoms. The third-order valence-electron chi connectivity index (χ3n) is 5.00. The molecule has 1 amide bonds. The molecule has 0 fully saturated rings. The molecule has 2 aromatic rings. The number of benzene rings is 2. The van der Waals surface area contributed by atoms with Crippen molar-refractivity contribution in [1.29, 1.82) is 0 Å². The minimum absolute atomic E-state index is 0.00579. The second kappa shape index (κ2) is 10.2. The summed E-state index contributed by atoms with van der Waals surface area (Å²) in [5.41, 5.74) is 4.23. The van der Waals surface area contributed by atoms with E-state index < -0.39 is 0 Å². The molecular formula is C24H33NO4. The summed E-state index contributed by atoms with van der Waals surface area (Å²) in [6.07, 6.45) is 0.937. The summed E-state index contributed by atoms with van der Waals surface area (Å²) in [6, 6.07) is 10.0. The Kier molecular flexibility index (Phi) is 7.94. The van der Waals surface area contributed by atoms with E-state index in [1.54, 1.807) is 21.3 Å². The molecule has 0 bridgehead atoms. The second-order valence-corrected chi connectivity index (χ2v) is 7.70. The summed E-state index contributed by atoms with van der Waals surface area (Å²) in [7, 11) is 4.75. The first-order valence-electron chi connectivity index (χ1n) is 10.0. The van der Waals surface area contributed by atoms with Gasteiger partial charge in [0.05, 0.1) is 21.3 Å². The molecule has 0 aliphatic carbocycles. The first-order chi connectivity index (χ1) is 13.8. The van der Waals surface area contributed by atoms with Crippen molar-refractivity contribution in [2.45, 2.75) is 52.4 Å². The van der Waals surface area contributed by atoms with E-state index in [4.69, 9.17) is 14.2 Å². The van der Waals surface area contributed by atoms with Crippen LogP contribution < -0.4 is 19.5 Å². The van der Waals surface area contributed by atoms with Crippen LogP contribution in [0.2, 0.25) is 0 Å². The number of para-hydroxylation sites is 1. The lowest BCUT2D eigenvalue weighted by Gasteiger charge is -2.20. The maximum Gasteiger partial charge on any atom is 0.224 e. The quantitative estimate of drug-likeness (QED) is 0.602. The normalized spacial score (nSPS) is 10.9. The highest BCUT2D eigenvalue weighted by atomic mass is 16.5. The number of carbonyl (C=O) groups is 1. The fourth-order valence-electron chi connectivity index (χ4n) is 3.43. The number of anilines is 1. The molecule has 2 aromatic carbocycles. The zero-order valence-corrected chi connectivity index (χ0v) is 18.6.